The van der Waals surface area contributed by atoms with E-state index < -0.39 is 5.41 Å². The van der Waals surface area contributed by atoms with Gasteiger partial charge in [-0.25, -0.2) is 4.98 Å². The Morgan fingerprint density at radius 2 is 1.16 bits per heavy atom. The first-order valence-electron chi connectivity index (χ1n) is 22.4. The van der Waals surface area contributed by atoms with E-state index in [1.165, 1.54) is 33.4 Å². The van der Waals surface area contributed by atoms with Crippen LogP contribution in [0.2, 0.25) is 0 Å². The summed E-state index contributed by atoms with van der Waals surface area (Å²) in [6.07, 6.45) is 5.61. The molecule has 0 radical (unpaired) electrons. The van der Waals surface area contributed by atoms with E-state index in [1.807, 2.05) is 29.1 Å². The fourth-order valence-corrected chi connectivity index (χ4v) is 8.54. The second-order valence-electron chi connectivity index (χ2n) is 20.8. The van der Waals surface area contributed by atoms with Gasteiger partial charge in [-0.2, -0.15) is 4.68 Å². The lowest BCUT2D eigenvalue weighted by Gasteiger charge is -2.28. The van der Waals surface area contributed by atoms with E-state index in [-0.39, 0.29) is 16.2 Å². The largest absolute Gasteiger partial charge is 0.458 e. The summed E-state index contributed by atoms with van der Waals surface area (Å²) < 4.78 is 13.1. The van der Waals surface area contributed by atoms with Crippen LogP contribution in [0.5, 0.6) is 11.5 Å². The van der Waals surface area contributed by atoms with Gasteiger partial charge in [0.2, 0.25) is 12.2 Å². The number of benzene rings is 6. The molecule has 0 atom stereocenters. The van der Waals surface area contributed by atoms with Gasteiger partial charge >= 0.3 is 0 Å². The van der Waals surface area contributed by atoms with Crippen molar-refractivity contribution in [2.45, 2.75) is 97.8 Å². The summed E-state index contributed by atoms with van der Waals surface area (Å²) >= 11 is 0. The third-order valence-electron chi connectivity index (χ3n) is 12.5. The zero-order valence-electron chi connectivity index (χ0n) is 39.2. The minimum absolute atomic E-state index is 0.0363. The van der Waals surface area contributed by atoms with E-state index in [0.717, 1.165) is 50.6 Å². The van der Waals surface area contributed by atoms with Crippen molar-refractivity contribution in [2.24, 2.45) is 0 Å². The normalized spacial score (nSPS) is 12.6. The fourth-order valence-electron chi connectivity index (χ4n) is 8.54. The quantitative estimate of drug-likeness (QED) is 0.113. The molecule has 0 bridgehead atoms. The van der Waals surface area contributed by atoms with Crippen LogP contribution in [0.4, 0.5) is 0 Å². The van der Waals surface area contributed by atoms with E-state index >= 15 is 0 Å². The Balaban J connectivity index is 1.15. The van der Waals surface area contributed by atoms with Gasteiger partial charge in [0.1, 0.15) is 17.3 Å². The van der Waals surface area contributed by atoms with Crippen molar-refractivity contribution in [1.82, 2.24) is 19.3 Å². The molecule has 322 valence electrons. The number of nitrogens with zero attached hydrogens (tertiary/aromatic N) is 5. The molecule has 0 aliphatic carbocycles. The van der Waals surface area contributed by atoms with Crippen molar-refractivity contribution in [2.75, 3.05) is 0 Å². The summed E-state index contributed by atoms with van der Waals surface area (Å²) in [4.78, 5) is 4.94. The van der Waals surface area contributed by atoms with Crippen molar-refractivity contribution in [3.05, 3.63) is 192 Å². The summed E-state index contributed by atoms with van der Waals surface area (Å²) in [7, 11) is 0. The highest BCUT2D eigenvalue weighted by Crippen LogP contribution is 2.39. The Morgan fingerprint density at radius 1 is 0.500 bits per heavy atom. The topological polar surface area (TPSA) is 48.8 Å². The lowest BCUT2D eigenvalue weighted by atomic mass is 9.80. The number of pyridine rings is 1. The SMILES string of the molecule is CC(C)(C)c1cc(-[n+]2[c-]n(-c3cccc(Oc4ccc5c6cc(-c7ccccc7)ccc6n(-c6cc(C(C)(C)C)ccn6)c5c4)c3)nc2C(C)(C)c2ccccc2)cc(C(C)(C)C)c1. The minimum Gasteiger partial charge on any atom is -0.458 e. The van der Waals surface area contributed by atoms with E-state index in [1.54, 1.807) is 0 Å². The Labute approximate surface area is 378 Å². The van der Waals surface area contributed by atoms with Crippen LogP contribution in [0.25, 0.3) is 50.1 Å². The van der Waals surface area contributed by atoms with Crippen LogP contribution in [0, 0.1) is 6.33 Å². The molecule has 3 heterocycles. The molecule has 0 saturated heterocycles. The molecule has 64 heavy (non-hydrogen) atoms. The highest BCUT2D eigenvalue weighted by molar-refractivity contribution is 6.10. The maximum absolute atomic E-state index is 6.78. The van der Waals surface area contributed by atoms with E-state index in [2.05, 4.69) is 225 Å². The third kappa shape index (κ3) is 8.14. The number of ether oxygens (including phenoxy) is 1. The smallest absolute Gasteiger partial charge is 0.212 e. The zero-order chi connectivity index (χ0) is 45.2. The molecule has 6 heteroatoms. The standard InChI is InChI=1S/C58H59N5O/c1-55(2,3)42-29-30-59-53(35-42)63-51-28-25-40(39-19-14-12-15-20-39)31-50(51)49-27-26-48(37-52(49)63)64-47-24-18-23-45(36-47)62-38-61(54(60-62)58(10,11)41-21-16-13-17-22-41)46-33-43(56(4,5)6)32-44(34-46)57(7,8)9/h12-37H,1-11H3. The van der Waals surface area contributed by atoms with Crippen molar-refractivity contribution < 1.29 is 9.30 Å². The first-order chi connectivity index (χ1) is 30.3. The van der Waals surface area contributed by atoms with Crippen molar-refractivity contribution in [3.63, 3.8) is 0 Å². The molecular weight excluding hydrogens is 783 g/mol. The van der Waals surface area contributed by atoms with Crippen LogP contribution in [-0.2, 0) is 21.7 Å². The van der Waals surface area contributed by atoms with E-state index in [0.29, 0.717) is 5.75 Å². The van der Waals surface area contributed by atoms with Crippen LogP contribution in [0.1, 0.15) is 104 Å². The second kappa shape index (κ2) is 15.8. The highest BCUT2D eigenvalue weighted by atomic mass is 16.5. The molecule has 0 N–H and O–H groups in total. The predicted octanol–water partition coefficient (Wildman–Crippen LogP) is 14.1. The zero-order valence-corrected chi connectivity index (χ0v) is 39.2. The second-order valence-corrected chi connectivity index (χ2v) is 20.8. The summed E-state index contributed by atoms with van der Waals surface area (Å²) in [5, 5.41) is 7.65. The highest BCUT2D eigenvalue weighted by Gasteiger charge is 2.33. The fraction of sp³-hybridized carbons (Fsp3) is 0.259. The van der Waals surface area contributed by atoms with Crippen molar-refractivity contribution >= 4 is 21.8 Å². The minimum atomic E-state index is -0.451. The Bertz CT molecular complexity index is 3120. The monoisotopic (exact) mass is 841 g/mol. The van der Waals surface area contributed by atoms with Gasteiger partial charge in [0.05, 0.1) is 16.7 Å². The molecule has 0 amide bonds. The van der Waals surface area contributed by atoms with Gasteiger partial charge in [0.25, 0.3) is 0 Å². The first kappa shape index (κ1) is 42.5. The number of hydrogen-bond donors (Lipinski definition) is 0. The van der Waals surface area contributed by atoms with Crippen LogP contribution in [-0.4, -0.2) is 19.3 Å². The van der Waals surface area contributed by atoms with Crippen LogP contribution < -0.4 is 9.30 Å². The van der Waals surface area contributed by atoms with Crippen molar-refractivity contribution in [3.8, 4) is 39.8 Å². The molecule has 9 aromatic rings. The van der Waals surface area contributed by atoms with Gasteiger partial charge in [-0.3, -0.25) is 4.57 Å². The van der Waals surface area contributed by atoms with Gasteiger partial charge in [-0.05, 0) is 103 Å². The molecule has 0 aliphatic rings. The number of fused-ring (bicyclic) bond motifs is 3. The maximum Gasteiger partial charge on any atom is 0.212 e. The van der Waals surface area contributed by atoms with Gasteiger partial charge in [-0.15, -0.1) is 0 Å². The van der Waals surface area contributed by atoms with Crippen LogP contribution in [0.15, 0.2) is 158 Å². The van der Waals surface area contributed by atoms with Gasteiger partial charge in [-0.1, -0.05) is 173 Å². The molecule has 6 aromatic carbocycles. The molecule has 0 spiro atoms. The molecule has 0 saturated carbocycles. The first-order valence-corrected chi connectivity index (χ1v) is 22.4. The summed E-state index contributed by atoms with van der Waals surface area (Å²) in [6.45, 7) is 24.8. The molecule has 3 aromatic heterocycles. The lowest BCUT2D eigenvalue weighted by Crippen LogP contribution is -2.41. The van der Waals surface area contributed by atoms with E-state index in [9.17, 15) is 0 Å². The lowest BCUT2D eigenvalue weighted by molar-refractivity contribution is -0.612. The summed E-state index contributed by atoms with van der Waals surface area (Å²) in [5.41, 5.74) is 10.7. The predicted molar refractivity (Wildman–Crippen MR) is 263 cm³/mol. The summed E-state index contributed by atoms with van der Waals surface area (Å²) in [5.74, 6) is 3.18. The van der Waals surface area contributed by atoms with Gasteiger partial charge in [0.15, 0.2) is 0 Å². The average Bonchev–Trinajstić information content (AvgIpc) is 3.87. The maximum atomic E-state index is 6.78. The molecule has 0 aliphatic heterocycles. The number of hydrogen-bond acceptors (Lipinski definition) is 3. The molecule has 0 unspecified atom stereocenters. The average molecular weight is 842 g/mol. The molecule has 0 fully saturated rings. The molecule has 6 nitrogen and oxygen atoms in total. The van der Waals surface area contributed by atoms with Gasteiger partial charge in [0, 0.05) is 34.1 Å². The molecular formula is C58H59N5O. The molecule has 9 rings (SSSR count). The van der Waals surface area contributed by atoms with Gasteiger partial charge < -0.3 is 9.30 Å². The Kier molecular flexibility index (Phi) is 10.5. The number of rotatable bonds is 8. The number of aromatic nitrogens is 5. The van der Waals surface area contributed by atoms with Crippen molar-refractivity contribution in [1.29, 1.82) is 0 Å². The van der Waals surface area contributed by atoms with Crippen LogP contribution in [0.3, 0.4) is 0 Å². The Morgan fingerprint density at radius 3 is 1.83 bits per heavy atom. The van der Waals surface area contributed by atoms with Crippen LogP contribution >= 0.6 is 0 Å². The Hall–Kier alpha value is -6.79. The third-order valence-corrected chi connectivity index (χ3v) is 12.5. The van der Waals surface area contributed by atoms with E-state index in [4.69, 9.17) is 14.8 Å². The summed E-state index contributed by atoms with van der Waals surface area (Å²) in [6, 6.07) is 53.7.